The average molecular weight is 847 g/mol. The van der Waals surface area contributed by atoms with E-state index in [4.69, 9.17) is 9.40 Å². The van der Waals surface area contributed by atoms with Gasteiger partial charge in [0.05, 0.1) is 0 Å². The molecule has 0 aliphatic carbocycles. The number of aromatic nitrogens is 1. The van der Waals surface area contributed by atoms with E-state index in [2.05, 4.69) is 56.5 Å². The molecule has 0 fully saturated rings. The predicted molar refractivity (Wildman–Crippen MR) is 197 cm³/mol. The van der Waals surface area contributed by atoms with E-state index in [0.29, 0.717) is 0 Å². The van der Waals surface area contributed by atoms with Gasteiger partial charge in [-0.2, -0.15) is 11.3 Å². The predicted octanol–water partition coefficient (Wildman–Crippen LogP) is 12.3. The summed E-state index contributed by atoms with van der Waals surface area (Å²) in [6.07, 6.45) is 7.74. The molecule has 1 radical (unpaired) electrons. The number of aliphatic hydroxyl groups is 1. The molecule has 1 aliphatic rings. The molecule has 7 heteroatoms. The van der Waals surface area contributed by atoms with E-state index in [-0.39, 0.29) is 47.9 Å². The molecule has 0 unspecified atom stereocenters. The number of thioether (sulfide) groups is 1. The monoisotopic (exact) mass is 847 g/mol. The third kappa shape index (κ3) is 7.15. The normalized spacial score (nSPS) is 13.9. The second-order valence-electron chi connectivity index (χ2n) is 14.1. The van der Waals surface area contributed by atoms with Crippen molar-refractivity contribution < 1.29 is 34.4 Å². The number of nitrogens with zero attached hydrogens (tertiary/aromatic N) is 1. The largest absolute Gasteiger partial charge is 0.512 e. The number of benzene rings is 2. The van der Waals surface area contributed by atoms with Crippen molar-refractivity contribution in [1.82, 2.24) is 4.98 Å². The van der Waals surface area contributed by atoms with Gasteiger partial charge in [0, 0.05) is 70.3 Å². The summed E-state index contributed by atoms with van der Waals surface area (Å²) in [6.45, 7) is 18.9. The minimum absolute atomic E-state index is 0. The van der Waals surface area contributed by atoms with Crippen molar-refractivity contribution in [1.29, 1.82) is 0 Å². The first-order chi connectivity index (χ1) is 21.8. The molecule has 0 bridgehead atoms. The van der Waals surface area contributed by atoms with Gasteiger partial charge in [-0.3, -0.25) is 9.78 Å². The van der Waals surface area contributed by atoms with Crippen molar-refractivity contribution >= 4 is 60.9 Å². The van der Waals surface area contributed by atoms with Crippen molar-refractivity contribution in [3.63, 3.8) is 0 Å². The molecule has 0 saturated carbocycles. The van der Waals surface area contributed by atoms with E-state index < -0.39 is 0 Å². The number of allylic oxidation sites excluding steroid dienone is 2. The minimum Gasteiger partial charge on any atom is -0.512 e. The van der Waals surface area contributed by atoms with Crippen LogP contribution >= 0.6 is 23.1 Å². The Hall–Kier alpha value is -2.44. The van der Waals surface area contributed by atoms with Crippen LogP contribution in [0.4, 0.5) is 0 Å². The number of carbonyl (C=O) groups excluding carboxylic acids is 1. The van der Waals surface area contributed by atoms with Crippen molar-refractivity contribution in [3.05, 3.63) is 70.9 Å². The van der Waals surface area contributed by atoms with Crippen LogP contribution in [0, 0.1) is 16.9 Å². The molecule has 3 aromatic heterocycles. The summed E-state index contributed by atoms with van der Waals surface area (Å²) >= 11 is 3.73. The number of ketones is 1. The van der Waals surface area contributed by atoms with Crippen LogP contribution in [0.2, 0.25) is 0 Å². The van der Waals surface area contributed by atoms with E-state index in [0.717, 1.165) is 65.7 Å². The van der Waals surface area contributed by atoms with E-state index in [1.807, 2.05) is 65.6 Å². The van der Waals surface area contributed by atoms with Gasteiger partial charge in [-0.25, -0.2) is 0 Å². The Labute approximate surface area is 302 Å². The molecule has 0 saturated heterocycles. The van der Waals surface area contributed by atoms with Crippen LogP contribution in [0.5, 0.6) is 0 Å². The fourth-order valence-corrected chi connectivity index (χ4v) is 8.33. The molecule has 2 aromatic carbocycles. The third-order valence-electron chi connectivity index (χ3n) is 10.3. The topological polar surface area (TPSA) is 63.3 Å². The van der Waals surface area contributed by atoms with Gasteiger partial charge in [0.2, 0.25) is 0 Å². The number of aliphatic hydroxyl groups excluding tert-OH is 1. The quantitative estimate of drug-likeness (QED) is 0.0957. The Morgan fingerprint density at radius 1 is 0.957 bits per heavy atom. The van der Waals surface area contributed by atoms with Crippen LogP contribution in [-0.2, 0) is 36.7 Å². The summed E-state index contributed by atoms with van der Waals surface area (Å²) in [5, 5.41) is 15.8. The number of pyridine rings is 1. The van der Waals surface area contributed by atoms with E-state index in [1.54, 1.807) is 11.3 Å². The van der Waals surface area contributed by atoms with Crippen molar-refractivity contribution in [3.8, 4) is 11.3 Å². The molecular formula is C40H48IrNO3S2-. The molecular weight excluding hydrogens is 799 g/mol. The van der Waals surface area contributed by atoms with Gasteiger partial charge in [0.25, 0.3) is 0 Å². The maximum atomic E-state index is 12.2. The van der Waals surface area contributed by atoms with Gasteiger partial charge in [0.1, 0.15) is 16.9 Å². The van der Waals surface area contributed by atoms with Crippen LogP contribution in [0.1, 0.15) is 99.1 Å². The first-order valence-corrected chi connectivity index (χ1v) is 18.5. The summed E-state index contributed by atoms with van der Waals surface area (Å²) in [4.78, 5) is 18.4. The summed E-state index contributed by atoms with van der Waals surface area (Å²) in [7, 11) is 0. The van der Waals surface area contributed by atoms with Crippen LogP contribution in [0.3, 0.4) is 0 Å². The molecule has 6 rings (SSSR count). The standard InChI is InChI=1S/C25H20NOS2.C15H28O2.Ir/c1-25(2,3)17-13-16(12-15-8-11-28-23(15)17)22-20-19(6-9-26-22)27-18-5-4-14-7-10-29-24(14)21(18)20;1-7-14(5,8-2)12(16)11-13(17)15(6,9-3)10-4;/h4-6,8-9,11,13H,7,10H2,1-3H3;11,16H,7-10H2,1-6H3;/q-1;;/b;12-11-;. The number of hydrogen-bond donors (Lipinski definition) is 1. The molecule has 0 spiro atoms. The second kappa shape index (κ2) is 14.6. The van der Waals surface area contributed by atoms with Gasteiger partial charge in [-0.15, -0.1) is 35.3 Å². The zero-order valence-corrected chi connectivity index (χ0v) is 33.3. The van der Waals surface area contributed by atoms with Gasteiger partial charge >= 0.3 is 0 Å². The Kier molecular flexibility index (Phi) is 11.6. The zero-order chi connectivity index (χ0) is 33.4. The number of fused-ring (bicyclic) bond motifs is 6. The number of hydrogen-bond acceptors (Lipinski definition) is 6. The first-order valence-electron chi connectivity index (χ1n) is 16.7. The van der Waals surface area contributed by atoms with E-state index >= 15 is 0 Å². The number of thiophene rings is 1. The Bertz CT molecular complexity index is 1920. The molecule has 47 heavy (non-hydrogen) atoms. The molecule has 1 aliphatic heterocycles. The number of aryl methyl sites for hydroxylation is 1. The van der Waals surface area contributed by atoms with Crippen LogP contribution in [-0.4, -0.2) is 21.6 Å². The van der Waals surface area contributed by atoms with Gasteiger partial charge in [-0.05, 0) is 65.3 Å². The van der Waals surface area contributed by atoms with E-state index in [1.165, 1.54) is 37.6 Å². The van der Waals surface area contributed by atoms with Gasteiger partial charge in [0.15, 0.2) is 5.78 Å². The Balaban J connectivity index is 0.000000242. The minimum atomic E-state index is -0.337. The first kappa shape index (κ1) is 37.4. The SMILES string of the molecule is CC(C)(C)c1cc(-c2nccc3oc4ccc5c(c4c23)SCC5)[c-]c2ccsc12.CCC(C)(CC)C(=O)/C=C(\O)C(C)(CC)CC.[Ir]. The average Bonchev–Trinajstić information content (AvgIpc) is 3.80. The maximum Gasteiger partial charge on any atom is 0.164 e. The molecule has 0 atom stereocenters. The van der Waals surface area contributed by atoms with Crippen LogP contribution in [0.25, 0.3) is 43.3 Å². The second-order valence-corrected chi connectivity index (χ2v) is 16.1. The summed E-state index contributed by atoms with van der Waals surface area (Å²) in [5.74, 6) is 1.42. The van der Waals surface area contributed by atoms with Crippen LogP contribution < -0.4 is 0 Å². The number of carbonyl (C=O) groups is 1. The maximum absolute atomic E-state index is 12.2. The Morgan fingerprint density at radius 3 is 2.26 bits per heavy atom. The molecule has 4 nitrogen and oxygen atoms in total. The molecule has 253 valence electrons. The Morgan fingerprint density at radius 2 is 1.62 bits per heavy atom. The fraction of sp³-hybridized carbons (Fsp3) is 0.450. The fourth-order valence-electron chi connectivity index (χ4n) is 6.02. The smallest absolute Gasteiger partial charge is 0.164 e. The van der Waals surface area contributed by atoms with Gasteiger partial charge in [-0.1, -0.05) is 79.5 Å². The van der Waals surface area contributed by atoms with Crippen molar-refractivity contribution in [2.75, 3.05) is 5.75 Å². The third-order valence-corrected chi connectivity index (χ3v) is 12.4. The summed E-state index contributed by atoms with van der Waals surface area (Å²) in [6, 6.07) is 14.4. The van der Waals surface area contributed by atoms with Crippen molar-refractivity contribution in [2.24, 2.45) is 10.8 Å². The number of rotatable bonds is 8. The molecule has 5 aromatic rings. The van der Waals surface area contributed by atoms with Crippen LogP contribution in [0.15, 0.2) is 63.1 Å². The zero-order valence-electron chi connectivity index (χ0n) is 29.2. The molecule has 1 N–H and O–H groups in total. The molecule has 4 heterocycles. The van der Waals surface area contributed by atoms with Crippen molar-refractivity contribution in [2.45, 2.75) is 105 Å². The molecule has 0 amide bonds. The van der Waals surface area contributed by atoms with E-state index in [9.17, 15) is 9.90 Å². The number of furan rings is 1. The van der Waals surface area contributed by atoms with Gasteiger partial charge < -0.3 is 9.52 Å². The summed E-state index contributed by atoms with van der Waals surface area (Å²) < 4.78 is 7.57. The summed E-state index contributed by atoms with van der Waals surface area (Å²) in [5.41, 5.74) is 6.10.